The van der Waals surface area contributed by atoms with Crippen molar-refractivity contribution >= 4 is 33.3 Å². The molecule has 3 aromatic rings. The lowest BCUT2D eigenvalue weighted by atomic mass is 10.1. The van der Waals surface area contributed by atoms with Crippen LogP contribution in [0.2, 0.25) is 0 Å². The number of anilines is 1. The quantitative estimate of drug-likeness (QED) is 0.713. The number of amides is 1. The largest absolute Gasteiger partial charge is 0.358 e. The first-order valence-electron chi connectivity index (χ1n) is 9.22. The van der Waals surface area contributed by atoms with Crippen LogP contribution in [0.25, 0.3) is 10.9 Å². The number of benzene rings is 1. The van der Waals surface area contributed by atoms with Crippen molar-refractivity contribution in [2.45, 2.75) is 39.2 Å². The Balaban J connectivity index is 1.39. The molecule has 1 aliphatic heterocycles. The van der Waals surface area contributed by atoms with Crippen LogP contribution in [0, 0.1) is 6.92 Å². The third-order valence-corrected chi connectivity index (χ3v) is 5.80. The molecule has 4 rings (SSSR count). The van der Waals surface area contributed by atoms with E-state index in [4.69, 9.17) is 0 Å². The molecule has 1 aromatic carbocycles. The molecule has 2 N–H and O–H groups in total. The molecule has 0 aliphatic carbocycles. The molecular weight excluding hydrogens is 344 g/mol. The summed E-state index contributed by atoms with van der Waals surface area (Å²) >= 11 is 1.51. The van der Waals surface area contributed by atoms with Gasteiger partial charge in [0.05, 0.1) is 12.1 Å². The highest BCUT2D eigenvalue weighted by Gasteiger charge is 2.15. The Morgan fingerprint density at radius 3 is 2.92 bits per heavy atom. The minimum atomic E-state index is -0.0169. The summed E-state index contributed by atoms with van der Waals surface area (Å²) in [6, 6.07) is 8.10. The van der Waals surface area contributed by atoms with Gasteiger partial charge in [0.1, 0.15) is 0 Å². The number of aromatic amines is 1. The van der Waals surface area contributed by atoms with E-state index in [0.717, 1.165) is 47.5 Å². The summed E-state index contributed by atoms with van der Waals surface area (Å²) in [5, 5.41) is 6.83. The number of likely N-dealkylation sites (tertiary alicyclic amines) is 1. The van der Waals surface area contributed by atoms with E-state index in [1.54, 1.807) is 0 Å². The van der Waals surface area contributed by atoms with Crippen molar-refractivity contribution in [1.82, 2.24) is 14.9 Å². The van der Waals surface area contributed by atoms with Gasteiger partial charge in [-0.15, -0.1) is 11.3 Å². The normalized spacial score (nSPS) is 15.4. The summed E-state index contributed by atoms with van der Waals surface area (Å²) < 4.78 is 0. The van der Waals surface area contributed by atoms with Crippen molar-refractivity contribution < 1.29 is 4.79 Å². The van der Waals surface area contributed by atoms with Crippen LogP contribution < -0.4 is 5.32 Å². The molecule has 1 saturated heterocycles. The van der Waals surface area contributed by atoms with Gasteiger partial charge in [-0.2, -0.15) is 0 Å². The molecule has 0 saturated carbocycles. The summed E-state index contributed by atoms with van der Waals surface area (Å²) in [5.41, 5.74) is 4.23. The third-order valence-electron chi connectivity index (χ3n) is 5.00. The zero-order valence-corrected chi connectivity index (χ0v) is 15.9. The van der Waals surface area contributed by atoms with Crippen LogP contribution in [0.15, 0.2) is 29.6 Å². The molecule has 0 radical (unpaired) electrons. The fourth-order valence-corrected chi connectivity index (χ4v) is 4.39. The van der Waals surface area contributed by atoms with Gasteiger partial charge >= 0.3 is 0 Å². The van der Waals surface area contributed by atoms with E-state index in [9.17, 15) is 4.79 Å². The van der Waals surface area contributed by atoms with Crippen LogP contribution in [-0.4, -0.2) is 33.9 Å². The summed E-state index contributed by atoms with van der Waals surface area (Å²) in [5.74, 6) is -0.0169. The van der Waals surface area contributed by atoms with Gasteiger partial charge in [0.15, 0.2) is 5.13 Å². The average Bonchev–Trinajstić information content (AvgIpc) is 3.20. The number of rotatable bonds is 5. The number of fused-ring (bicyclic) bond motifs is 1. The Morgan fingerprint density at radius 2 is 2.08 bits per heavy atom. The van der Waals surface area contributed by atoms with Gasteiger partial charge < -0.3 is 10.3 Å². The van der Waals surface area contributed by atoms with E-state index >= 15 is 0 Å². The number of para-hydroxylation sites is 1. The molecule has 6 heteroatoms. The van der Waals surface area contributed by atoms with Crippen molar-refractivity contribution in [3.63, 3.8) is 0 Å². The van der Waals surface area contributed by atoms with E-state index < -0.39 is 0 Å². The Kier molecular flexibility index (Phi) is 5.04. The SMILES string of the molecule is Cc1[nH]c2ccccc2c1CC(=O)Nc1nc(CN2CCCCC2)cs1. The molecule has 1 amide bonds. The van der Waals surface area contributed by atoms with Crippen LogP contribution in [0.3, 0.4) is 0 Å². The van der Waals surface area contributed by atoms with Crippen LogP contribution in [0.4, 0.5) is 5.13 Å². The van der Waals surface area contributed by atoms with E-state index in [0.29, 0.717) is 11.6 Å². The Hall–Kier alpha value is -2.18. The monoisotopic (exact) mass is 368 g/mol. The van der Waals surface area contributed by atoms with E-state index in [2.05, 4.69) is 31.6 Å². The lowest BCUT2D eigenvalue weighted by Crippen LogP contribution is -2.29. The Morgan fingerprint density at radius 1 is 1.27 bits per heavy atom. The lowest BCUT2D eigenvalue weighted by molar-refractivity contribution is -0.115. The van der Waals surface area contributed by atoms with Gasteiger partial charge in [0.25, 0.3) is 0 Å². The maximum Gasteiger partial charge on any atom is 0.230 e. The highest BCUT2D eigenvalue weighted by Crippen LogP contribution is 2.23. The fourth-order valence-electron chi connectivity index (χ4n) is 3.67. The summed E-state index contributed by atoms with van der Waals surface area (Å²) in [7, 11) is 0. The van der Waals surface area contributed by atoms with Gasteiger partial charge in [-0.25, -0.2) is 4.98 Å². The van der Waals surface area contributed by atoms with Crippen molar-refractivity contribution in [2.75, 3.05) is 18.4 Å². The average molecular weight is 369 g/mol. The van der Waals surface area contributed by atoms with Gasteiger partial charge in [-0.3, -0.25) is 9.69 Å². The number of aromatic nitrogens is 2. The molecule has 136 valence electrons. The molecule has 26 heavy (non-hydrogen) atoms. The fraction of sp³-hybridized carbons (Fsp3) is 0.400. The standard InChI is InChI=1S/C20H24N4OS/c1-14-17(16-7-3-4-8-18(16)21-14)11-19(25)23-20-22-15(13-26-20)12-24-9-5-2-6-10-24/h3-4,7-8,13,21H,2,5-6,9-12H2,1H3,(H,22,23,25). The molecule has 0 atom stereocenters. The van der Waals surface area contributed by atoms with Crippen molar-refractivity contribution in [1.29, 1.82) is 0 Å². The molecular formula is C20H24N4OS. The molecule has 0 unspecified atom stereocenters. The molecule has 1 aliphatic rings. The van der Waals surface area contributed by atoms with Gasteiger partial charge in [0, 0.05) is 28.5 Å². The van der Waals surface area contributed by atoms with Crippen LogP contribution in [0.5, 0.6) is 0 Å². The highest BCUT2D eigenvalue weighted by atomic mass is 32.1. The van der Waals surface area contributed by atoms with Gasteiger partial charge in [-0.1, -0.05) is 24.6 Å². The minimum Gasteiger partial charge on any atom is -0.358 e. The van der Waals surface area contributed by atoms with Crippen LogP contribution in [0.1, 0.15) is 36.2 Å². The van der Waals surface area contributed by atoms with Crippen LogP contribution in [-0.2, 0) is 17.8 Å². The number of thiazole rings is 1. The zero-order valence-electron chi connectivity index (χ0n) is 15.0. The van der Waals surface area contributed by atoms with E-state index in [-0.39, 0.29) is 5.91 Å². The van der Waals surface area contributed by atoms with Crippen molar-refractivity contribution in [2.24, 2.45) is 0 Å². The maximum atomic E-state index is 12.5. The molecule has 5 nitrogen and oxygen atoms in total. The number of piperidine rings is 1. The lowest BCUT2D eigenvalue weighted by Gasteiger charge is -2.25. The molecule has 1 fully saturated rings. The third kappa shape index (κ3) is 3.81. The molecule has 3 heterocycles. The number of nitrogens with zero attached hydrogens (tertiary/aromatic N) is 2. The first-order valence-corrected chi connectivity index (χ1v) is 10.1. The second-order valence-electron chi connectivity index (χ2n) is 6.98. The zero-order chi connectivity index (χ0) is 17.9. The second-order valence-corrected chi connectivity index (χ2v) is 7.84. The first kappa shape index (κ1) is 17.2. The predicted molar refractivity (Wildman–Crippen MR) is 107 cm³/mol. The highest BCUT2D eigenvalue weighted by molar-refractivity contribution is 7.13. The minimum absolute atomic E-state index is 0.0169. The molecule has 0 bridgehead atoms. The van der Waals surface area contributed by atoms with E-state index in [1.165, 1.54) is 30.6 Å². The van der Waals surface area contributed by atoms with Gasteiger partial charge in [0.2, 0.25) is 5.91 Å². The predicted octanol–water partition coefficient (Wildman–Crippen LogP) is 4.10. The number of carbonyl (C=O) groups is 1. The van der Waals surface area contributed by atoms with E-state index in [1.807, 2.05) is 25.1 Å². The number of hydrogen-bond acceptors (Lipinski definition) is 4. The topological polar surface area (TPSA) is 61.0 Å². The summed E-state index contributed by atoms with van der Waals surface area (Å²) in [4.78, 5) is 22.9. The molecule has 2 aromatic heterocycles. The number of aryl methyl sites for hydroxylation is 1. The Labute approximate surface area is 157 Å². The number of nitrogens with one attached hydrogen (secondary N) is 2. The molecule has 0 spiro atoms. The van der Waals surface area contributed by atoms with Crippen molar-refractivity contribution in [3.05, 3.63) is 46.6 Å². The Bertz CT molecular complexity index is 908. The summed E-state index contributed by atoms with van der Waals surface area (Å²) in [6.07, 6.45) is 4.24. The smallest absolute Gasteiger partial charge is 0.230 e. The number of hydrogen-bond donors (Lipinski definition) is 2. The second kappa shape index (κ2) is 7.60. The van der Waals surface area contributed by atoms with Crippen LogP contribution >= 0.6 is 11.3 Å². The van der Waals surface area contributed by atoms with Gasteiger partial charge in [-0.05, 0) is 44.5 Å². The maximum absolute atomic E-state index is 12.5. The number of H-pyrrole nitrogens is 1. The first-order chi connectivity index (χ1) is 12.7. The number of carbonyl (C=O) groups excluding carboxylic acids is 1. The summed E-state index contributed by atoms with van der Waals surface area (Å²) in [6.45, 7) is 5.20. The van der Waals surface area contributed by atoms with Crippen molar-refractivity contribution in [3.8, 4) is 0 Å².